The van der Waals surface area contributed by atoms with Crippen LogP contribution >= 0.6 is 0 Å². The monoisotopic (exact) mass is 354 g/mol. The van der Waals surface area contributed by atoms with E-state index >= 15 is 0 Å². The number of amidine groups is 1. The van der Waals surface area contributed by atoms with E-state index in [0.29, 0.717) is 30.2 Å². The Balaban J connectivity index is 1.56. The van der Waals surface area contributed by atoms with Gasteiger partial charge < -0.3 is 19.1 Å². The van der Waals surface area contributed by atoms with Crippen LogP contribution in [0.15, 0.2) is 47.5 Å². The highest BCUT2D eigenvalue weighted by molar-refractivity contribution is 6.01. The molecule has 0 saturated carbocycles. The molecule has 0 fully saturated rings. The van der Waals surface area contributed by atoms with E-state index in [0.717, 1.165) is 11.4 Å². The van der Waals surface area contributed by atoms with Gasteiger partial charge >= 0.3 is 5.97 Å². The number of carbonyl (C=O) groups excluding carboxylic acids is 1. The molecule has 1 aliphatic rings. The molecule has 3 rings (SSSR count). The van der Waals surface area contributed by atoms with Crippen LogP contribution in [0, 0.1) is 0 Å². The summed E-state index contributed by atoms with van der Waals surface area (Å²) in [4.78, 5) is 18.8. The van der Waals surface area contributed by atoms with E-state index in [-0.39, 0.29) is 6.61 Å². The summed E-state index contributed by atoms with van der Waals surface area (Å²) in [7, 11) is 5.03. The highest BCUT2D eigenvalue weighted by Gasteiger charge is 2.19. The number of nitrogens with zero attached hydrogens (tertiary/aromatic N) is 2. The van der Waals surface area contributed by atoms with Gasteiger partial charge in [0.1, 0.15) is 12.4 Å². The number of hydrogen-bond donors (Lipinski definition) is 0. The Hall–Kier alpha value is -3.02. The predicted octanol–water partition coefficient (Wildman–Crippen LogP) is 2.75. The second-order valence-electron chi connectivity index (χ2n) is 5.92. The zero-order valence-electron chi connectivity index (χ0n) is 15.2. The molecule has 2 aromatic carbocycles. The molecule has 136 valence electrons. The third-order valence-electron chi connectivity index (χ3n) is 4.30. The van der Waals surface area contributed by atoms with Crippen molar-refractivity contribution in [2.24, 2.45) is 4.99 Å². The quantitative estimate of drug-likeness (QED) is 0.747. The van der Waals surface area contributed by atoms with Gasteiger partial charge in [-0.2, -0.15) is 0 Å². The van der Waals surface area contributed by atoms with Crippen molar-refractivity contribution in [2.75, 3.05) is 34.4 Å². The molecule has 0 atom stereocenters. The summed E-state index contributed by atoms with van der Waals surface area (Å²) < 4.78 is 15.8. The summed E-state index contributed by atoms with van der Waals surface area (Å²) in [6, 6.07) is 13.1. The van der Waals surface area contributed by atoms with E-state index in [9.17, 15) is 4.79 Å². The van der Waals surface area contributed by atoms with Crippen LogP contribution in [-0.4, -0.2) is 51.1 Å². The van der Waals surface area contributed by atoms with Gasteiger partial charge in [0.15, 0.2) is 11.5 Å². The molecule has 26 heavy (non-hydrogen) atoms. The maximum atomic E-state index is 12.2. The minimum Gasteiger partial charge on any atom is -0.493 e. The largest absolute Gasteiger partial charge is 0.493 e. The summed E-state index contributed by atoms with van der Waals surface area (Å²) in [6.07, 6.45) is 0. The van der Waals surface area contributed by atoms with Crippen LogP contribution in [0.1, 0.15) is 21.5 Å². The van der Waals surface area contributed by atoms with Crippen LogP contribution in [0.5, 0.6) is 11.5 Å². The Morgan fingerprint density at radius 2 is 1.88 bits per heavy atom. The van der Waals surface area contributed by atoms with E-state index in [2.05, 4.69) is 17.1 Å². The SMILES string of the molecule is COc1ccc(C(=O)OCCN(C)C2=NCc3ccccc32)cc1OC. The molecule has 1 aliphatic heterocycles. The van der Waals surface area contributed by atoms with Crippen LogP contribution < -0.4 is 9.47 Å². The Kier molecular flexibility index (Phi) is 5.41. The molecule has 1 heterocycles. The van der Waals surface area contributed by atoms with Crippen LogP contribution in [0.2, 0.25) is 0 Å². The second-order valence-corrected chi connectivity index (χ2v) is 5.92. The molecule has 0 amide bonds. The smallest absolute Gasteiger partial charge is 0.338 e. The minimum absolute atomic E-state index is 0.269. The Labute approximate surface area is 153 Å². The van der Waals surface area contributed by atoms with Crippen molar-refractivity contribution in [1.82, 2.24) is 4.90 Å². The number of esters is 1. The van der Waals surface area contributed by atoms with Gasteiger partial charge in [-0.25, -0.2) is 4.79 Å². The van der Waals surface area contributed by atoms with Crippen LogP contribution in [0.3, 0.4) is 0 Å². The Morgan fingerprint density at radius 3 is 2.65 bits per heavy atom. The van der Waals surface area contributed by atoms with Crippen molar-refractivity contribution in [2.45, 2.75) is 6.54 Å². The highest BCUT2D eigenvalue weighted by atomic mass is 16.5. The lowest BCUT2D eigenvalue weighted by molar-refractivity contribution is 0.0491. The molecular weight excluding hydrogens is 332 g/mol. The van der Waals surface area contributed by atoms with Gasteiger partial charge in [-0.05, 0) is 23.8 Å². The summed E-state index contributed by atoms with van der Waals surface area (Å²) in [5, 5.41) is 0. The standard InChI is InChI=1S/C20H22N2O4/c1-22(19-16-7-5-4-6-15(16)13-21-19)10-11-26-20(23)14-8-9-17(24-2)18(12-14)25-3/h4-9,12H,10-11,13H2,1-3H3. The Morgan fingerprint density at radius 1 is 1.12 bits per heavy atom. The Bertz CT molecular complexity index is 832. The lowest BCUT2D eigenvalue weighted by atomic mass is 10.1. The van der Waals surface area contributed by atoms with Gasteiger partial charge in [0.05, 0.1) is 32.9 Å². The molecule has 0 aliphatic carbocycles. The summed E-state index contributed by atoms with van der Waals surface area (Å²) >= 11 is 0. The van der Waals surface area contributed by atoms with Crippen LogP contribution in [0.25, 0.3) is 0 Å². The first-order valence-corrected chi connectivity index (χ1v) is 8.37. The number of carbonyl (C=O) groups is 1. The first-order chi connectivity index (χ1) is 12.6. The van der Waals surface area contributed by atoms with Gasteiger partial charge in [0.2, 0.25) is 0 Å². The average Bonchev–Trinajstić information content (AvgIpc) is 3.11. The van der Waals surface area contributed by atoms with Crippen molar-refractivity contribution in [3.8, 4) is 11.5 Å². The van der Waals surface area contributed by atoms with E-state index in [1.165, 1.54) is 12.7 Å². The van der Waals surface area contributed by atoms with E-state index in [1.807, 2.05) is 24.1 Å². The lowest BCUT2D eigenvalue weighted by Gasteiger charge is -2.19. The lowest BCUT2D eigenvalue weighted by Crippen LogP contribution is -2.30. The topological polar surface area (TPSA) is 60.4 Å². The number of benzene rings is 2. The molecule has 0 N–H and O–H groups in total. The maximum Gasteiger partial charge on any atom is 0.338 e. The van der Waals surface area contributed by atoms with Gasteiger partial charge in [0, 0.05) is 12.6 Å². The van der Waals surface area contributed by atoms with Crippen LogP contribution in [0.4, 0.5) is 0 Å². The van der Waals surface area contributed by atoms with Crippen molar-refractivity contribution < 1.29 is 19.0 Å². The summed E-state index contributed by atoms with van der Waals surface area (Å²) in [5.74, 6) is 1.61. The third-order valence-corrected chi connectivity index (χ3v) is 4.30. The number of likely N-dealkylation sites (N-methyl/N-ethyl adjacent to an activating group) is 1. The number of aliphatic imine (C=N–C) groups is 1. The zero-order chi connectivity index (χ0) is 18.5. The fourth-order valence-corrected chi connectivity index (χ4v) is 2.88. The number of fused-ring (bicyclic) bond motifs is 1. The highest BCUT2D eigenvalue weighted by Crippen LogP contribution is 2.27. The molecule has 6 nitrogen and oxygen atoms in total. The van der Waals surface area contributed by atoms with E-state index in [4.69, 9.17) is 14.2 Å². The normalized spacial score (nSPS) is 12.2. The van der Waals surface area contributed by atoms with Gasteiger partial charge in [0.25, 0.3) is 0 Å². The van der Waals surface area contributed by atoms with Crippen molar-refractivity contribution in [3.05, 3.63) is 59.2 Å². The van der Waals surface area contributed by atoms with Crippen molar-refractivity contribution in [1.29, 1.82) is 0 Å². The first kappa shape index (κ1) is 17.8. The molecule has 0 unspecified atom stereocenters. The second kappa shape index (κ2) is 7.91. The number of methoxy groups -OCH3 is 2. The fourth-order valence-electron chi connectivity index (χ4n) is 2.88. The maximum absolute atomic E-state index is 12.2. The zero-order valence-corrected chi connectivity index (χ0v) is 15.2. The molecule has 0 spiro atoms. The molecule has 0 radical (unpaired) electrons. The predicted molar refractivity (Wildman–Crippen MR) is 99.1 cm³/mol. The molecule has 2 aromatic rings. The van der Waals surface area contributed by atoms with E-state index < -0.39 is 5.97 Å². The van der Waals surface area contributed by atoms with E-state index in [1.54, 1.807) is 25.3 Å². The minimum atomic E-state index is -0.395. The summed E-state index contributed by atoms with van der Waals surface area (Å²) in [5.41, 5.74) is 2.78. The third kappa shape index (κ3) is 3.64. The van der Waals surface area contributed by atoms with Gasteiger partial charge in [-0.15, -0.1) is 0 Å². The molecular formula is C20H22N2O4. The van der Waals surface area contributed by atoms with Crippen molar-refractivity contribution >= 4 is 11.8 Å². The molecule has 6 heteroatoms. The van der Waals surface area contributed by atoms with Gasteiger partial charge in [-0.1, -0.05) is 24.3 Å². The first-order valence-electron chi connectivity index (χ1n) is 8.37. The average molecular weight is 354 g/mol. The molecule has 0 aromatic heterocycles. The van der Waals surface area contributed by atoms with Crippen LogP contribution in [-0.2, 0) is 11.3 Å². The fraction of sp³-hybridized carbons (Fsp3) is 0.300. The number of ether oxygens (including phenoxy) is 3. The number of rotatable bonds is 6. The van der Waals surface area contributed by atoms with Gasteiger partial charge in [-0.3, -0.25) is 4.99 Å². The summed E-state index contributed by atoms with van der Waals surface area (Å²) in [6.45, 7) is 1.53. The van der Waals surface area contributed by atoms with Crippen molar-refractivity contribution in [3.63, 3.8) is 0 Å². The molecule has 0 saturated heterocycles. The molecule has 0 bridgehead atoms. The number of hydrogen-bond acceptors (Lipinski definition) is 6.